The van der Waals surface area contributed by atoms with Crippen LogP contribution in [0.3, 0.4) is 0 Å². The Morgan fingerprint density at radius 2 is 1.74 bits per heavy atom. The number of hydrogen-bond acceptors (Lipinski definition) is 3. The molecule has 0 aromatic heterocycles. The Kier molecular flexibility index (Phi) is 5.79. The van der Waals surface area contributed by atoms with Gasteiger partial charge in [-0.05, 0) is 18.8 Å². The van der Waals surface area contributed by atoms with Gasteiger partial charge in [0, 0.05) is 6.54 Å². The molecule has 1 saturated carbocycles. The molecule has 5 nitrogen and oxygen atoms in total. The minimum atomic E-state index is -0.803. The van der Waals surface area contributed by atoms with Crippen LogP contribution >= 0.6 is 0 Å². The van der Waals surface area contributed by atoms with Gasteiger partial charge in [0.05, 0.1) is 11.5 Å². The fraction of sp³-hybridized carbons (Fsp3) is 0.857. The third kappa shape index (κ3) is 4.20. The van der Waals surface area contributed by atoms with Gasteiger partial charge < -0.3 is 16.2 Å². The first-order chi connectivity index (χ1) is 8.89. The van der Waals surface area contributed by atoms with Gasteiger partial charge in [-0.2, -0.15) is 0 Å². The van der Waals surface area contributed by atoms with Crippen LogP contribution in [0, 0.1) is 11.3 Å². The minimum Gasteiger partial charge on any atom is -0.481 e. The number of rotatable bonds is 5. The SMILES string of the molecule is CC(C)C(N)C(=O)NCC1(C(=O)O)CCCCCC1. The second-order valence-electron chi connectivity index (χ2n) is 5.99. The van der Waals surface area contributed by atoms with Crippen molar-refractivity contribution in [2.45, 2.75) is 58.4 Å². The summed E-state index contributed by atoms with van der Waals surface area (Å²) in [5.74, 6) is -0.998. The van der Waals surface area contributed by atoms with Gasteiger partial charge in [0.2, 0.25) is 5.91 Å². The Hall–Kier alpha value is -1.10. The molecule has 0 spiro atoms. The molecule has 0 bridgehead atoms. The van der Waals surface area contributed by atoms with Crippen LogP contribution in [0.25, 0.3) is 0 Å². The van der Waals surface area contributed by atoms with Crippen molar-refractivity contribution in [3.05, 3.63) is 0 Å². The quantitative estimate of drug-likeness (QED) is 0.660. The second kappa shape index (κ2) is 6.89. The molecule has 110 valence electrons. The average molecular weight is 270 g/mol. The molecule has 1 unspecified atom stereocenters. The molecule has 1 amide bonds. The summed E-state index contributed by atoms with van der Waals surface area (Å²) in [6.07, 6.45) is 5.26. The van der Waals surface area contributed by atoms with Crippen molar-refractivity contribution < 1.29 is 14.7 Å². The minimum absolute atomic E-state index is 0.0508. The van der Waals surface area contributed by atoms with E-state index in [1.54, 1.807) is 0 Å². The lowest BCUT2D eigenvalue weighted by Crippen LogP contribution is -2.49. The maximum Gasteiger partial charge on any atom is 0.311 e. The molecule has 0 saturated heterocycles. The summed E-state index contributed by atoms with van der Waals surface area (Å²) >= 11 is 0. The first kappa shape index (κ1) is 16.0. The van der Waals surface area contributed by atoms with Gasteiger partial charge in [-0.25, -0.2) is 0 Å². The van der Waals surface area contributed by atoms with E-state index in [9.17, 15) is 14.7 Å². The number of amides is 1. The number of nitrogens with one attached hydrogen (secondary N) is 1. The maximum atomic E-state index is 11.8. The smallest absolute Gasteiger partial charge is 0.311 e. The van der Waals surface area contributed by atoms with E-state index in [-0.39, 0.29) is 18.4 Å². The summed E-state index contributed by atoms with van der Waals surface area (Å²) in [7, 11) is 0. The Morgan fingerprint density at radius 1 is 1.21 bits per heavy atom. The normalized spacial score (nSPS) is 20.6. The Morgan fingerprint density at radius 3 is 2.16 bits per heavy atom. The molecular weight excluding hydrogens is 244 g/mol. The summed E-state index contributed by atoms with van der Waals surface area (Å²) in [5, 5.41) is 12.2. The highest BCUT2D eigenvalue weighted by Gasteiger charge is 2.39. The molecule has 5 heteroatoms. The van der Waals surface area contributed by atoms with Crippen molar-refractivity contribution in [1.82, 2.24) is 5.32 Å². The van der Waals surface area contributed by atoms with Crippen molar-refractivity contribution >= 4 is 11.9 Å². The predicted molar refractivity (Wildman–Crippen MR) is 73.6 cm³/mol. The summed E-state index contributed by atoms with van der Waals surface area (Å²) < 4.78 is 0. The molecule has 1 aliphatic carbocycles. The number of carboxylic acids is 1. The van der Waals surface area contributed by atoms with Gasteiger partial charge in [0.25, 0.3) is 0 Å². The van der Waals surface area contributed by atoms with Crippen LogP contribution in [0.4, 0.5) is 0 Å². The average Bonchev–Trinajstić information content (AvgIpc) is 2.61. The number of carboxylic acid groups (broad SMARTS) is 1. The molecule has 19 heavy (non-hydrogen) atoms. The van der Waals surface area contributed by atoms with Crippen molar-refractivity contribution in [2.75, 3.05) is 6.54 Å². The van der Waals surface area contributed by atoms with E-state index in [1.807, 2.05) is 13.8 Å². The zero-order valence-corrected chi connectivity index (χ0v) is 11.9. The highest BCUT2D eigenvalue weighted by molar-refractivity contribution is 5.83. The van der Waals surface area contributed by atoms with Gasteiger partial charge in [-0.15, -0.1) is 0 Å². The monoisotopic (exact) mass is 270 g/mol. The van der Waals surface area contributed by atoms with E-state index in [2.05, 4.69) is 5.32 Å². The third-order valence-electron chi connectivity index (χ3n) is 4.14. The van der Waals surface area contributed by atoms with Crippen molar-refractivity contribution in [3.8, 4) is 0 Å². The molecule has 1 aliphatic rings. The standard InChI is InChI=1S/C14H26N2O3/c1-10(2)11(15)12(17)16-9-14(13(18)19)7-5-3-4-6-8-14/h10-11H,3-9,15H2,1-2H3,(H,16,17)(H,18,19). The number of carbonyl (C=O) groups excluding carboxylic acids is 1. The predicted octanol–water partition coefficient (Wildman–Crippen LogP) is 1.51. The Balaban J connectivity index is 2.64. The van der Waals surface area contributed by atoms with Crippen molar-refractivity contribution in [2.24, 2.45) is 17.1 Å². The third-order valence-corrected chi connectivity index (χ3v) is 4.14. The molecular formula is C14H26N2O3. The van der Waals surface area contributed by atoms with Gasteiger partial charge in [0.1, 0.15) is 0 Å². The van der Waals surface area contributed by atoms with E-state index < -0.39 is 17.4 Å². The summed E-state index contributed by atoms with van der Waals surface area (Å²) in [4.78, 5) is 23.4. The zero-order valence-electron chi connectivity index (χ0n) is 11.9. The summed E-state index contributed by atoms with van der Waals surface area (Å²) in [6, 6.07) is -0.573. The van der Waals surface area contributed by atoms with Crippen molar-refractivity contribution in [3.63, 3.8) is 0 Å². The van der Waals surface area contributed by atoms with Crippen LogP contribution in [-0.2, 0) is 9.59 Å². The van der Waals surface area contributed by atoms with Crippen LogP contribution in [0.5, 0.6) is 0 Å². The van der Waals surface area contributed by atoms with E-state index in [4.69, 9.17) is 5.73 Å². The molecule has 0 heterocycles. The topological polar surface area (TPSA) is 92.4 Å². The van der Waals surface area contributed by atoms with Gasteiger partial charge in [-0.1, -0.05) is 39.5 Å². The van der Waals surface area contributed by atoms with Crippen LogP contribution in [-0.4, -0.2) is 29.6 Å². The molecule has 0 aliphatic heterocycles. The molecule has 4 N–H and O–H groups in total. The lowest BCUT2D eigenvalue weighted by molar-refractivity contribution is -0.149. The van der Waals surface area contributed by atoms with Crippen LogP contribution < -0.4 is 11.1 Å². The van der Waals surface area contributed by atoms with Crippen LogP contribution in [0.1, 0.15) is 52.4 Å². The largest absolute Gasteiger partial charge is 0.481 e. The molecule has 0 aromatic carbocycles. The number of aliphatic carboxylic acids is 1. The van der Waals surface area contributed by atoms with Gasteiger partial charge in [0.15, 0.2) is 0 Å². The first-order valence-electron chi connectivity index (χ1n) is 7.16. The molecule has 1 atom stereocenters. The maximum absolute atomic E-state index is 11.8. The first-order valence-corrected chi connectivity index (χ1v) is 7.16. The lowest BCUT2D eigenvalue weighted by Gasteiger charge is -2.29. The fourth-order valence-corrected chi connectivity index (χ4v) is 2.55. The molecule has 0 radical (unpaired) electrons. The van der Waals surface area contributed by atoms with E-state index in [1.165, 1.54) is 0 Å². The summed E-state index contributed by atoms with van der Waals surface area (Å²) in [5.41, 5.74) is 4.96. The van der Waals surface area contributed by atoms with E-state index >= 15 is 0 Å². The summed E-state index contributed by atoms with van der Waals surface area (Å²) in [6.45, 7) is 3.95. The van der Waals surface area contributed by atoms with Crippen LogP contribution in [0.15, 0.2) is 0 Å². The molecule has 1 fully saturated rings. The Labute approximate surface area is 114 Å². The highest BCUT2D eigenvalue weighted by atomic mass is 16.4. The fourth-order valence-electron chi connectivity index (χ4n) is 2.55. The zero-order chi connectivity index (χ0) is 14.5. The Bertz CT molecular complexity index is 321. The molecule has 0 aromatic rings. The second-order valence-corrected chi connectivity index (χ2v) is 5.99. The van der Waals surface area contributed by atoms with Crippen molar-refractivity contribution in [1.29, 1.82) is 0 Å². The van der Waals surface area contributed by atoms with E-state index in [0.717, 1.165) is 25.7 Å². The van der Waals surface area contributed by atoms with Crippen LogP contribution in [0.2, 0.25) is 0 Å². The van der Waals surface area contributed by atoms with Gasteiger partial charge >= 0.3 is 5.97 Å². The molecule has 1 rings (SSSR count). The number of hydrogen-bond donors (Lipinski definition) is 3. The van der Waals surface area contributed by atoms with Gasteiger partial charge in [-0.3, -0.25) is 9.59 Å². The highest BCUT2D eigenvalue weighted by Crippen LogP contribution is 2.34. The number of nitrogens with two attached hydrogens (primary N) is 1. The van der Waals surface area contributed by atoms with E-state index in [0.29, 0.717) is 12.8 Å². The number of carbonyl (C=O) groups is 2. The lowest BCUT2D eigenvalue weighted by atomic mass is 9.80.